The molecule has 5 nitrogen and oxygen atoms in total. The molecule has 0 amide bonds. The lowest BCUT2D eigenvalue weighted by atomic mass is 9.97. The van der Waals surface area contributed by atoms with Crippen LogP contribution in [0, 0.1) is 5.92 Å². The fraction of sp³-hybridized carbons (Fsp3) is 0.538. The first-order chi connectivity index (χ1) is 9.72. The van der Waals surface area contributed by atoms with Crippen LogP contribution in [0.3, 0.4) is 0 Å². The Hall–Kier alpha value is -0.530. The van der Waals surface area contributed by atoms with Crippen molar-refractivity contribution in [2.24, 2.45) is 5.92 Å². The van der Waals surface area contributed by atoms with Crippen LogP contribution in [-0.4, -0.2) is 26.2 Å². The molecule has 0 bridgehead atoms. The van der Waals surface area contributed by atoms with Crippen molar-refractivity contribution in [2.75, 3.05) is 12.3 Å². The maximum absolute atomic E-state index is 12.3. The van der Waals surface area contributed by atoms with E-state index in [9.17, 15) is 13.5 Å². The summed E-state index contributed by atoms with van der Waals surface area (Å²) in [4.78, 5) is -0.225. The predicted octanol–water partition coefficient (Wildman–Crippen LogP) is 2.65. The summed E-state index contributed by atoms with van der Waals surface area (Å²) < 4.78 is 26.9. The summed E-state index contributed by atoms with van der Waals surface area (Å²) in [6.45, 7) is 3.80. The smallest absolute Gasteiger partial charge is 0.243 e. The monoisotopic (exact) mass is 354 g/mol. The molecule has 21 heavy (non-hydrogen) atoms. The molecule has 0 saturated carbocycles. The van der Waals surface area contributed by atoms with Gasteiger partial charge < -0.3 is 10.8 Å². The Kier molecular flexibility index (Phi) is 6.74. The van der Waals surface area contributed by atoms with Gasteiger partial charge in [-0.05, 0) is 18.1 Å². The first kappa shape index (κ1) is 18.5. The molecular formula is C13H20Cl2N2O3S. The van der Waals surface area contributed by atoms with Gasteiger partial charge in [0.25, 0.3) is 0 Å². The summed E-state index contributed by atoms with van der Waals surface area (Å²) in [5.74, 6) is 0.0325. The molecule has 0 fully saturated rings. The molecule has 0 aliphatic heterocycles. The van der Waals surface area contributed by atoms with E-state index in [1.807, 2.05) is 13.8 Å². The zero-order valence-electron chi connectivity index (χ0n) is 11.9. The highest BCUT2D eigenvalue weighted by molar-refractivity contribution is 7.89. The van der Waals surface area contributed by atoms with Crippen molar-refractivity contribution in [2.45, 2.75) is 37.7 Å². The van der Waals surface area contributed by atoms with E-state index < -0.39 is 16.1 Å². The third-order valence-electron chi connectivity index (χ3n) is 3.36. The fourth-order valence-corrected chi connectivity index (χ4v) is 4.38. The number of sulfonamides is 1. The van der Waals surface area contributed by atoms with Gasteiger partial charge in [0.1, 0.15) is 4.90 Å². The fourth-order valence-electron chi connectivity index (χ4n) is 2.10. The second-order valence-corrected chi connectivity index (χ2v) is 7.33. The highest BCUT2D eigenvalue weighted by Gasteiger charge is 2.24. The van der Waals surface area contributed by atoms with Gasteiger partial charge in [-0.15, -0.1) is 0 Å². The van der Waals surface area contributed by atoms with E-state index >= 15 is 0 Å². The van der Waals surface area contributed by atoms with Crippen molar-refractivity contribution in [3.05, 3.63) is 22.2 Å². The number of nitrogen functional groups attached to an aromatic ring is 1. The van der Waals surface area contributed by atoms with E-state index in [0.717, 1.165) is 12.8 Å². The van der Waals surface area contributed by atoms with Crippen LogP contribution in [0.5, 0.6) is 0 Å². The van der Waals surface area contributed by atoms with Gasteiger partial charge in [-0.25, -0.2) is 13.1 Å². The van der Waals surface area contributed by atoms with Crippen LogP contribution < -0.4 is 10.5 Å². The minimum Gasteiger partial charge on any atom is -0.399 e. The third kappa shape index (κ3) is 4.72. The molecule has 0 radical (unpaired) electrons. The molecule has 0 aliphatic carbocycles. The van der Waals surface area contributed by atoms with Crippen molar-refractivity contribution in [3.8, 4) is 0 Å². The lowest BCUT2D eigenvalue weighted by Crippen LogP contribution is -2.36. The van der Waals surface area contributed by atoms with Crippen molar-refractivity contribution < 1.29 is 13.5 Å². The van der Waals surface area contributed by atoms with Crippen LogP contribution in [0.2, 0.25) is 10.0 Å². The first-order valence-corrected chi connectivity index (χ1v) is 8.89. The topological polar surface area (TPSA) is 92.4 Å². The number of rotatable bonds is 7. The summed E-state index contributed by atoms with van der Waals surface area (Å²) in [6.07, 6.45) is 0.770. The largest absolute Gasteiger partial charge is 0.399 e. The molecule has 0 aliphatic rings. The Morgan fingerprint density at radius 3 is 2.14 bits per heavy atom. The summed E-state index contributed by atoms with van der Waals surface area (Å²) in [5, 5.41) is 9.89. The van der Waals surface area contributed by atoms with Crippen LogP contribution in [-0.2, 0) is 10.0 Å². The molecule has 120 valence electrons. The number of anilines is 1. The summed E-state index contributed by atoms with van der Waals surface area (Å²) >= 11 is 11.8. The van der Waals surface area contributed by atoms with Gasteiger partial charge in [0, 0.05) is 12.2 Å². The highest BCUT2D eigenvalue weighted by Crippen LogP contribution is 2.31. The van der Waals surface area contributed by atoms with Crippen molar-refractivity contribution in [1.82, 2.24) is 4.72 Å². The van der Waals surface area contributed by atoms with Gasteiger partial charge in [-0.1, -0.05) is 49.9 Å². The lowest BCUT2D eigenvalue weighted by Gasteiger charge is -2.20. The van der Waals surface area contributed by atoms with E-state index in [1.54, 1.807) is 0 Å². The third-order valence-corrected chi connectivity index (χ3v) is 5.71. The van der Waals surface area contributed by atoms with E-state index in [-0.39, 0.29) is 33.1 Å². The quantitative estimate of drug-likeness (QED) is 0.656. The zero-order valence-corrected chi connectivity index (χ0v) is 14.3. The molecule has 1 rings (SSSR count). The number of aliphatic hydroxyl groups excluding tert-OH is 1. The van der Waals surface area contributed by atoms with Crippen molar-refractivity contribution in [1.29, 1.82) is 0 Å². The van der Waals surface area contributed by atoms with Gasteiger partial charge in [0.05, 0.1) is 16.1 Å². The summed E-state index contributed by atoms with van der Waals surface area (Å²) in [7, 11) is -3.91. The van der Waals surface area contributed by atoms with Crippen LogP contribution >= 0.6 is 23.2 Å². The average Bonchev–Trinajstić information content (AvgIpc) is 2.36. The molecule has 0 spiro atoms. The maximum atomic E-state index is 12.3. The van der Waals surface area contributed by atoms with Crippen molar-refractivity contribution >= 4 is 38.9 Å². The number of nitrogens with one attached hydrogen (secondary N) is 1. The Bertz CT molecular complexity index is 566. The Morgan fingerprint density at radius 2 is 1.71 bits per heavy atom. The number of benzene rings is 1. The minimum atomic E-state index is -3.91. The van der Waals surface area contributed by atoms with E-state index in [0.29, 0.717) is 0 Å². The zero-order chi connectivity index (χ0) is 16.2. The first-order valence-electron chi connectivity index (χ1n) is 6.65. The molecule has 0 saturated heterocycles. The lowest BCUT2D eigenvalue weighted by molar-refractivity contribution is 0.107. The second kappa shape index (κ2) is 7.65. The van der Waals surface area contributed by atoms with Crippen LogP contribution in [0.15, 0.2) is 17.0 Å². The molecule has 1 aromatic carbocycles. The van der Waals surface area contributed by atoms with Gasteiger partial charge in [0.2, 0.25) is 10.0 Å². The Morgan fingerprint density at radius 1 is 1.24 bits per heavy atom. The SMILES string of the molecule is CCC(CC)C(O)CNS(=O)(=O)c1c(Cl)cc(N)cc1Cl. The molecular weight excluding hydrogens is 335 g/mol. The van der Waals surface area contributed by atoms with Gasteiger partial charge in [0.15, 0.2) is 0 Å². The standard InChI is InChI=1S/C13H20Cl2N2O3S/c1-3-8(4-2)12(18)7-17-21(19,20)13-10(14)5-9(16)6-11(13)15/h5-6,8,12,17-18H,3-4,7,16H2,1-2H3. The van der Waals surface area contributed by atoms with Crippen molar-refractivity contribution in [3.63, 3.8) is 0 Å². The number of aliphatic hydroxyl groups is 1. The van der Waals surface area contributed by atoms with Gasteiger partial charge in [-0.2, -0.15) is 0 Å². The van der Waals surface area contributed by atoms with E-state index in [2.05, 4.69) is 4.72 Å². The Balaban J connectivity index is 2.93. The second-order valence-electron chi connectivity index (χ2n) is 4.81. The van der Waals surface area contributed by atoms with Gasteiger partial charge in [-0.3, -0.25) is 0 Å². The maximum Gasteiger partial charge on any atom is 0.243 e. The number of hydrogen-bond donors (Lipinski definition) is 3. The molecule has 0 heterocycles. The normalized spacial score (nSPS) is 13.6. The average molecular weight is 355 g/mol. The molecule has 0 aromatic heterocycles. The van der Waals surface area contributed by atoms with E-state index in [1.165, 1.54) is 12.1 Å². The number of nitrogens with two attached hydrogens (primary N) is 1. The van der Waals surface area contributed by atoms with Crippen LogP contribution in [0.1, 0.15) is 26.7 Å². The Labute approximate surface area is 135 Å². The summed E-state index contributed by atoms with van der Waals surface area (Å²) in [6, 6.07) is 2.64. The molecule has 8 heteroatoms. The predicted molar refractivity (Wildman–Crippen MR) is 86.1 cm³/mol. The molecule has 4 N–H and O–H groups in total. The minimum absolute atomic E-state index is 0.0325. The summed E-state index contributed by atoms with van der Waals surface area (Å²) in [5.41, 5.74) is 5.82. The molecule has 1 aromatic rings. The van der Waals surface area contributed by atoms with Crippen LogP contribution in [0.4, 0.5) is 5.69 Å². The highest BCUT2D eigenvalue weighted by atomic mass is 35.5. The number of hydrogen-bond acceptors (Lipinski definition) is 4. The van der Waals surface area contributed by atoms with Gasteiger partial charge >= 0.3 is 0 Å². The molecule has 1 unspecified atom stereocenters. The van der Waals surface area contributed by atoms with E-state index in [4.69, 9.17) is 28.9 Å². The number of halogens is 2. The molecule has 1 atom stereocenters. The van der Waals surface area contributed by atoms with Crippen LogP contribution in [0.25, 0.3) is 0 Å².